The highest BCUT2D eigenvalue weighted by Gasteiger charge is 2.38. The fourth-order valence-electron chi connectivity index (χ4n) is 3.35. The molecule has 21 heavy (non-hydrogen) atoms. The summed E-state index contributed by atoms with van der Waals surface area (Å²) in [6.07, 6.45) is 5.21. The van der Waals surface area contributed by atoms with Gasteiger partial charge in [0.1, 0.15) is 5.78 Å². The molecule has 0 N–H and O–H groups in total. The van der Waals surface area contributed by atoms with Crippen molar-refractivity contribution < 1.29 is 9.59 Å². The summed E-state index contributed by atoms with van der Waals surface area (Å²) in [5, 5.41) is 0. The maximum Gasteiger partial charge on any atom is 0.227 e. The van der Waals surface area contributed by atoms with E-state index in [1.807, 2.05) is 25.7 Å². The zero-order valence-electron chi connectivity index (χ0n) is 14.4. The minimum absolute atomic E-state index is 0.228. The number of Topliss-reactive ketones (excluding diaryl/α,β-unsaturated/α-hetero) is 1. The predicted molar refractivity (Wildman–Crippen MR) is 84.9 cm³/mol. The zero-order valence-corrected chi connectivity index (χ0v) is 14.4. The number of amides is 1. The Kier molecular flexibility index (Phi) is 4.51. The molecule has 0 bridgehead atoms. The van der Waals surface area contributed by atoms with Gasteiger partial charge in [-0.25, -0.2) is 0 Å². The molecule has 2 rings (SSSR count). The van der Waals surface area contributed by atoms with Crippen LogP contribution in [0, 0.1) is 22.7 Å². The van der Waals surface area contributed by atoms with E-state index < -0.39 is 0 Å². The lowest BCUT2D eigenvalue weighted by Crippen LogP contribution is -2.38. The van der Waals surface area contributed by atoms with Gasteiger partial charge < -0.3 is 4.90 Å². The van der Waals surface area contributed by atoms with Crippen molar-refractivity contribution in [3.8, 4) is 0 Å². The van der Waals surface area contributed by atoms with E-state index in [2.05, 4.69) is 13.8 Å². The normalized spacial score (nSPS) is 23.5. The standard InChI is InChI=1S/C18H31NO2/c1-17(2,3)16(21)19-9-8-14(12-19)11-18(4,5)15(20)10-13-6-7-13/h13-14H,6-12H2,1-5H3. The number of hydrogen-bond acceptors (Lipinski definition) is 2. The Balaban J connectivity index is 1.86. The molecule has 120 valence electrons. The number of carbonyl (C=O) groups is 2. The molecule has 0 aromatic rings. The van der Waals surface area contributed by atoms with Gasteiger partial charge >= 0.3 is 0 Å². The second-order valence-corrected chi connectivity index (χ2v) is 8.81. The van der Waals surface area contributed by atoms with Gasteiger partial charge in [0.2, 0.25) is 5.91 Å². The fraction of sp³-hybridized carbons (Fsp3) is 0.889. The van der Waals surface area contributed by atoms with Gasteiger partial charge in [0.15, 0.2) is 0 Å². The van der Waals surface area contributed by atoms with Gasteiger partial charge in [-0.3, -0.25) is 9.59 Å². The van der Waals surface area contributed by atoms with Crippen LogP contribution in [-0.4, -0.2) is 29.7 Å². The lowest BCUT2D eigenvalue weighted by atomic mass is 9.77. The van der Waals surface area contributed by atoms with E-state index in [-0.39, 0.29) is 16.7 Å². The average molecular weight is 293 g/mol. The number of carbonyl (C=O) groups excluding carboxylic acids is 2. The van der Waals surface area contributed by atoms with Crippen molar-refractivity contribution in [2.45, 2.75) is 66.7 Å². The number of rotatable bonds is 5. The van der Waals surface area contributed by atoms with Gasteiger partial charge in [0.05, 0.1) is 0 Å². The quantitative estimate of drug-likeness (QED) is 0.775. The summed E-state index contributed by atoms with van der Waals surface area (Å²) in [4.78, 5) is 26.7. The number of ketones is 1. The van der Waals surface area contributed by atoms with E-state index in [1.165, 1.54) is 12.8 Å². The van der Waals surface area contributed by atoms with Crippen LogP contribution in [0.15, 0.2) is 0 Å². The Morgan fingerprint density at radius 2 is 1.62 bits per heavy atom. The molecule has 1 amide bonds. The molecule has 1 saturated carbocycles. The summed E-state index contributed by atoms with van der Waals surface area (Å²) in [6.45, 7) is 11.8. The van der Waals surface area contributed by atoms with E-state index >= 15 is 0 Å². The Labute approximate surface area is 129 Å². The van der Waals surface area contributed by atoms with Crippen molar-refractivity contribution in [1.82, 2.24) is 4.90 Å². The van der Waals surface area contributed by atoms with Gasteiger partial charge in [-0.1, -0.05) is 34.6 Å². The minimum Gasteiger partial charge on any atom is -0.342 e. The summed E-state index contributed by atoms with van der Waals surface area (Å²) < 4.78 is 0. The van der Waals surface area contributed by atoms with Crippen LogP contribution in [-0.2, 0) is 9.59 Å². The maximum atomic E-state index is 12.4. The highest BCUT2D eigenvalue weighted by molar-refractivity contribution is 5.84. The smallest absolute Gasteiger partial charge is 0.227 e. The highest BCUT2D eigenvalue weighted by Crippen LogP contribution is 2.39. The van der Waals surface area contributed by atoms with Gasteiger partial charge in [-0.2, -0.15) is 0 Å². The van der Waals surface area contributed by atoms with Crippen molar-refractivity contribution in [1.29, 1.82) is 0 Å². The van der Waals surface area contributed by atoms with Gasteiger partial charge in [-0.05, 0) is 37.5 Å². The van der Waals surface area contributed by atoms with Crippen molar-refractivity contribution in [3.63, 3.8) is 0 Å². The number of likely N-dealkylation sites (tertiary alicyclic amines) is 1. The van der Waals surface area contributed by atoms with Gasteiger partial charge in [0.25, 0.3) is 0 Å². The molecule has 0 radical (unpaired) electrons. The van der Waals surface area contributed by atoms with Crippen LogP contribution in [0.3, 0.4) is 0 Å². The van der Waals surface area contributed by atoms with Crippen molar-refractivity contribution in [3.05, 3.63) is 0 Å². The second-order valence-electron chi connectivity index (χ2n) is 8.81. The molecule has 1 saturated heterocycles. The summed E-state index contributed by atoms with van der Waals surface area (Å²) in [5.74, 6) is 1.81. The summed E-state index contributed by atoms with van der Waals surface area (Å²) in [6, 6.07) is 0. The number of nitrogens with zero attached hydrogens (tertiary/aromatic N) is 1. The predicted octanol–water partition coefficient (Wildman–Crippen LogP) is 3.67. The van der Waals surface area contributed by atoms with E-state index in [4.69, 9.17) is 0 Å². The molecule has 2 aliphatic rings. The first-order valence-electron chi connectivity index (χ1n) is 8.42. The molecule has 0 aromatic carbocycles. The Hall–Kier alpha value is -0.860. The molecule has 1 unspecified atom stereocenters. The molecule has 0 spiro atoms. The summed E-state index contributed by atoms with van der Waals surface area (Å²) in [7, 11) is 0. The van der Waals surface area contributed by atoms with E-state index in [0.717, 1.165) is 32.4 Å². The van der Waals surface area contributed by atoms with E-state index in [0.29, 0.717) is 17.6 Å². The molecule has 1 aliphatic carbocycles. The third-order valence-electron chi connectivity index (χ3n) is 4.94. The second kappa shape index (κ2) is 5.73. The highest BCUT2D eigenvalue weighted by atomic mass is 16.2. The van der Waals surface area contributed by atoms with Crippen LogP contribution >= 0.6 is 0 Å². The van der Waals surface area contributed by atoms with Crippen molar-refractivity contribution in [2.75, 3.05) is 13.1 Å². The zero-order chi connectivity index (χ0) is 15.8. The van der Waals surface area contributed by atoms with Crippen LogP contribution in [0.25, 0.3) is 0 Å². The fourth-order valence-corrected chi connectivity index (χ4v) is 3.35. The molecule has 1 atom stereocenters. The Morgan fingerprint density at radius 3 is 2.14 bits per heavy atom. The first-order chi connectivity index (χ1) is 9.59. The van der Waals surface area contributed by atoms with Crippen molar-refractivity contribution >= 4 is 11.7 Å². The molecular weight excluding hydrogens is 262 g/mol. The molecular formula is C18H31NO2. The lowest BCUT2D eigenvalue weighted by molar-refractivity contribution is -0.138. The third-order valence-corrected chi connectivity index (χ3v) is 4.94. The molecule has 3 nitrogen and oxygen atoms in total. The topological polar surface area (TPSA) is 37.4 Å². The van der Waals surface area contributed by atoms with E-state index in [1.54, 1.807) is 0 Å². The SMILES string of the molecule is CC(C)(C)C(=O)N1CCC(CC(C)(C)C(=O)CC2CC2)C1. The van der Waals surface area contributed by atoms with E-state index in [9.17, 15) is 9.59 Å². The summed E-state index contributed by atoms with van der Waals surface area (Å²) >= 11 is 0. The molecule has 3 heteroatoms. The maximum absolute atomic E-state index is 12.4. The number of hydrogen-bond donors (Lipinski definition) is 0. The van der Waals surface area contributed by atoms with Crippen LogP contribution in [0.5, 0.6) is 0 Å². The molecule has 1 heterocycles. The molecule has 1 aliphatic heterocycles. The van der Waals surface area contributed by atoms with Crippen LogP contribution in [0.1, 0.15) is 66.7 Å². The third kappa shape index (κ3) is 4.31. The molecule has 2 fully saturated rings. The van der Waals surface area contributed by atoms with Gasteiger partial charge in [0, 0.05) is 30.3 Å². The first kappa shape index (κ1) is 16.5. The largest absolute Gasteiger partial charge is 0.342 e. The Bertz CT molecular complexity index is 415. The first-order valence-corrected chi connectivity index (χ1v) is 8.42. The average Bonchev–Trinajstić information content (AvgIpc) is 3.04. The van der Waals surface area contributed by atoms with Crippen LogP contribution < -0.4 is 0 Å². The van der Waals surface area contributed by atoms with Crippen molar-refractivity contribution in [2.24, 2.45) is 22.7 Å². The Morgan fingerprint density at radius 1 is 1.00 bits per heavy atom. The monoisotopic (exact) mass is 293 g/mol. The minimum atomic E-state index is -0.299. The summed E-state index contributed by atoms with van der Waals surface area (Å²) in [5.41, 5.74) is -0.528. The van der Waals surface area contributed by atoms with Crippen LogP contribution in [0.2, 0.25) is 0 Å². The lowest BCUT2D eigenvalue weighted by Gasteiger charge is -2.28. The van der Waals surface area contributed by atoms with Crippen LogP contribution in [0.4, 0.5) is 0 Å². The van der Waals surface area contributed by atoms with Gasteiger partial charge in [-0.15, -0.1) is 0 Å². The molecule has 0 aromatic heterocycles.